The fourth-order valence-electron chi connectivity index (χ4n) is 5.80. The lowest BCUT2D eigenvalue weighted by atomic mass is 10.1. The highest BCUT2D eigenvalue weighted by atomic mass is 32.1. The van der Waals surface area contributed by atoms with Crippen molar-refractivity contribution in [3.8, 4) is 0 Å². The van der Waals surface area contributed by atoms with Crippen LogP contribution in [0.25, 0.3) is 10.2 Å². The van der Waals surface area contributed by atoms with Crippen LogP contribution in [0.5, 0.6) is 0 Å². The second kappa shape index (κ2) is 12.3. The van der Waals surface area contributed by atoms with Crippen LogP contribution >= 0.6 is 11.3 Å². The van der Waals surface area contributed by atoms with E-state index in [1.165, 1.54) is 11.0 Å². The maximum absolute atomic E-state index is 13.3. The average Bonchev–Trinajstić information content (AvgIpc) is 3.41. The number of carbonyl (C=O) groups is 3. The standard InChI is InChI=1S/C32H35N7O4S/c40-28-7-3-13-38(28)14-4-12-33-29(41)22-10-11-26(24(19-22)34-30(42)25-20-43-31(35-25)21-8-9-21)37-15-17-39(18-16-37)32-36-23-5-1-2-6-27(23)44-32/h1-2,5-6,10-11,19-21H,3-4,7-9,12-18H2,(H,33,41)(H,34,42). The highest BCUT2D eigenvalue weighted by Gasteiger charge is 2.30. The molecule has 2 saturated heterocycles. The summed E-state index contributed by atoms with van der Waals surface area (Å²) < 4.78 is 6.72. The van der Waals surface area contributed by atoms with Crippen molar-refractivity contribution in [2.24, 2.45) is 0 Å². The number of oxazole rings is 1. The van der Waals surface area contributed by atoms with E-state index in [0.717, 1.165) is 68.3 Å². The van der Waals surface area contributed by atoms with Gasteiger partial charge in [0.2, 0.25) is 5.91 Å². The Morgan fingerprint density at radius 2 is 1.80 bits per heavy atom. The quantitative estimate of drug-likeness (QED) is 0.251. The summed E-state index contributed by atoms with van der Waals surface area (Å²) in [4.78, 5) is 53.8. The Bertz CT molecular complexity index is 1660. The molecule has 4 heterocycles. The molecule has 3 fully saturated rings. The van der Waals surface area contributed by atoms with Crippen LogP contribution in [0, 0.1) is 0 Å². The Labute approximate surface area is 259 Å². The summed E-state index contributed by atoms with van der Waals surface area (Å²) in [6.07, 6.45) is 5.66. The van der Waals surface area contributed by atoms with Gasteiger partial charge in [0.1, 0.15) is 6.26 Å². The van der Waals surface area contributed by atoms with E-state index in [1.807, 2.05) is 29.2 Å². The molecule has 0 radical (unpaired) electrons. The van der Waals surface area contributed by atoms with E-state index < -0.39 is 0 Å². The van der Waals surface area contributed by atoms with Crippen molar-refractivity contribution in [2.45, 2.75) is 38.0 Å². The van der Waals surface area contributed by atoms with Crippen LogP contribution in [0.4, 0.5) is 16.5 Å². The van der Waals surface area contributed by atoms with Crippen molar-refractivity contribution >= 4 is 55.8 Å². The van der Waals surface area contributed by atoms with E-state index >= 15 is 0 Å². The molecule has 3 amide bonds. The second-order valence-electron chi connectivity index (χ2n) is 11.6. The van der Waals surface area contributed by atoms with Crippen molar-refractivity contribution < 1.29 is 18.8 Å². The lowest BCUT2D eigenvalue weighted by Gasteiger charge is -2.36. The molecule has 1 aliphatic carbocycles. The van der Waals surface area contributed by atoms with Crippen LogP contribution in [0.2, 0.25) is 0 Å². The average molecular weight is 614 g/mol. The van der Waals surface area contributed by atoms with Crippen LogP contribution in [0.1, 0.15) is 64.8 Å². The second-order valence-corrected chi connectivity index (χ2v) is 12.6. The molecule has 7 rings (SSSR count). The van der Waals surface area contributed by atoms with Gasteiger partial charge in [-0.2, -0.15) is 0 Å². The predicted octanol–water partition coefficient (Wildman–Crippen LogP) is 4.48. The van der Waals surface area contributed by atoms with Gasteiger partial charge >= 0.3 is 0 Å². The topological polar surface area (TPSA) is 124 Å². The third-order valence-electron chi connectivity index (χ3n) is 8.42. The minimum atomic E-state index is -0.372. The number of aromatic nitrogens is 2. The van der Waals surface area contributed by atoms with E-state index in [-0.39, 0.29) is 23.4 Å². The highest BCUT2D eigenvalue weighted by Crippen LogP contribution is 2.39. The normalized spacial score (nSPS) is 17.0. The van der Waals surface area contributed by atoms with Crippen molar-refractivity contribution in [1.82, 2.24) is 20.2 Å². The first-order valence-corrected chi connectivity index (χ1v) is 16.2. The van der Waals surface area contributed by atoms with Gasteiger partial charge in [0.05, 0.1) is 21.6 Å². The maximum atomic E-state index is 13.3. The number of amides is 3. The maximum Gasteiger partial charge on any atom is 0.277 e. The Kier molecular flexibility index (Phi) is 7.90. The molecule has 0 spiro atoms. The van der Waals surface area contributed by atoms with Crippen LogP contribution < -0.4 is 20.4 Å². The number of hydrogen-bond donors (Lipinski definition) is 2. The molecule has 2 aromatic carbocycles. The predicted molar refractivity (Wildman–Crippen MR) is 170 cm³/mol. The van der Waals surface area contributed by atoms with Gasteiger partial charge in [0.25, 0.3) is 11.8 Å². The largest absolute Gasteiger partial charge is 0.448 e. The molecule has 1 saturated carbocycles. The number of hydrogen-bond acceptors (Lipinski definition) is 9. The summed E-state index contributed by atoms with van der Waals surface area (Å²) in [7, 11) is 0. The molecule has 12 heteroatoms. The molecule has 11 nitrogen and oxygen atoms in total. The monoisotopic (exact) mass is 613 g/mol. The molecule has 228 valence electrons. The third-order valence-corrected chi connectivity index (χ3v) is 9.52. The van der Waals surface area contributed by atoms with Gasteiger partial charge in [-0.3, -0.25) is 14.4 Å². The molecular formula is C32H35N7O4S. The zero-order valence-electron chi connectivity index (χ0n) is 24.5. The lowest BCUT2D eigenvalue weighted by molar-refractivity contribution is -0.127. The number of fused-ring (bicyclic) bond motifs is 1. The van der Waals surface area contributed by atoms with E-state index in [4.69, 9.17) is 9.40 Å². The molecule has 2 N–H and O–H groups in total. The molecule has 3 aliphatic rings. The van der Waals surface area contributed by atoms with Crippen molar-refractivity contribution in [3.05, 3.63) is 65.9 Å². The van der Waals surface area contributed by atoms with Gasteiger partial charge in [-0.05, 0) is 56.0 Å². The van der Waals surface area contributed by atoms with E-state index in [1.54, 1.807) is 23.5 Å². The van der Waals surface area contributed by atoms with Gasteiger partial charge < -0.3 is 29.8 Å². The zero-order valence-corrected chi connectivity index (χ0v) is 25.3. The Morgan fingerprint density at radius 1 is 0.977 bits per heavy atom. The SMILES string of the molecule is O=C(NCCCN1CCCC1=O)c1ccc(N2CCN(c3nc4ccccc4s3)CC2)c(NC(=O)c2coc(C3CC3)n2)c1. The number of piperazine rings is 1. The van der Waals surface area contributed by atoms with Crippen molar-refractivity contribution in [1.29, 1.82) is 0 Å². The molecule has 44 heavy (non-hydrogen) atoms. The zero-order chi connectivity index (χ0) is 30.0. The number of nitrogens with zero attached hydrogens (tertiary/aromatic N) is 5. The third kappa shape index (κ3) is 6.12. The number of para-hydroxylation sites is 1. The van der Waals surface area contributed by atoms with Crippen molar-refractivity contribution in [2.75, 3.05) is 60.9 Å². The Morgan fingerprint density at radius 3 is 2.57 bits per heavy atom. The number of nitrogens with one attached hydrogen (secondary N) is 2. The molecule has 0 bridgehead atoms. The number of thiazole rings is 1. The van der Waals surface area contributed by atoms with Gasteiger partial charge in [-0.25, -0.2) is 9.97 Å². The fourth-order valence-corrected chi connectivity index (χ4v) is 6.81. The minimum Gasteiger partial charge on any atom is -0.448 e. The number of likely N-dealkylation sites (tertiary alicyclic amines) is 1. The first kappa shape index (κ1) is 28.3. The number of anilines is 3. The van der Waals surface area contributed by atoms with Crippen LogP contribution in [0.15, 0.2) is 53.1 Å². The lowest BCUT2D eigenvalue weighted by Crippen LogP contribution is -2.46. The molecule has 0 unspecified atom stereocenters. The van der Waals surface area contributed by atoms with Gasteiger partial charge in [-0.15, -0.1) is 0 Å². The number of rotatable bonds is 10. The molecule has 0 atom stereocenters. The fraction of sp³-hybridized carbons (Fsp3) is 0.406. The number of benzene rings is 2. The summed E-state index contributed by atoms with van der Waals surface area (Å²) >= 11 is 1.70. The van der Waals surface area contributed by atoms with E-state index in [9.17, 15) is 14.4 Å². The van der Waals surface area contributed by atoms with E-state index in [0.29, 0.717) is 49.0 Å². The Balaban J connectivity index is 1.05. The molecular weight excluding hydrogens is 578 g/mol. The summed E-state index contributed by atoms with van der Waals surface area (Å²) in [5.41, 5.74) is 3.08. The smallest absolute Gasteiger partial charge is 0.277 e. The van der Waals surface area contributed by atoms with Crippen LogP contribution in [-0.4, -0.2) is 78.4 Å². The molecule has 4 aromatic rings. The molecule has 2 aromatic heterocycles. The van der Waals surface area contributed by atoms with Crippen LogP contribution in [0.3, 0.4) is 0 Å². The summed E-state index contributed by atoms with van der Waals surface area (Å²) in [5.74, 6) is 0.491. The minimum absolute atomic E-state index is 0.185. The van der Waals surface area contributed by atoms with Crippen molar-refractivity contribution in [3.63, 3.8) is 0 Å². The summed E-state index contributed by atoms with van der Waals surface area (Å²) in [6, 6.07) is 13.6. The van der Waals surface area contributed by atoms with Gasteiger partial charge in [0, 0.05) is 63.7 Å². The highest BCUT2D eigenvalue weighted by molar-refractivity contribution is 7.22. The first-order chi connectivity index (χ1) is 21.5. The van der Waals surface area contributed by atoms with Gasteiger partial charge in [-0.1, -0.05) is 23.5 Å². The molecule has 2 aliphatic heterocycles. The van der Waals surface area contributed by atoms with E-state index in [2.05, 4.69) is 31.5 Å². The first-order valence-electron chi connectivity index (χ1n) is 15.3. The number of carbonyl (C=O) groups excluding carboxylic acids is 3. The summed E-state index contributed by atoms with van der Waals surface area (Å²) in [6.45, 7) is 4.92. The summed E-state index contributed by atoms with van der Waals surface area (Å²) in [5, 5.41) is 6.99. The van der Waals surface area contributed by atoms with Gasteiger partial charge in [0.15, 0.2) is 16.7 Å². The Hall–Kier alpha value is -4.45. The van der Waals surface area contributed by atoms with Crippen LogP contribution in [-0.2, 0) is 4.79 Å².